The molecule has 0 radical (unpaired) electrons. The van der Waals surface area contributed by atoms with Crippen LogP contribution in [0.25, 0.3) is 10.9 Å². The van der Waals surface area contributed by atoms with Gasteiger partial charge in [0.15, 0.2) is 0 Å². The molecule has 37 heavy (non-hydrogen) atoms. The third kappa shape index (κ3) is 4.68. The van der Waals surface area contributed by atoms with E-state index in [2.05, 4.69) is 9.88 Å². The van der Waals surface area contributed by atoms with Crippen molar-refractivity contribution in [3.05, 3.63) is 51.8 Å². The Morgan fingerprint density at radius 2 is 1.92 bits per heavy atom. The molecule has 2 aromatic carbocycles. The highest BCUT2D eigenvalue weighted by molar-refractivity contribution is 6.00. The van der Waals surface area contributed by atoms with Gasteiger partial charge in [0.25, 0.3) is 0 Å². The van der Waals surface area contributed by atoms with Crippen LogP contribution in [-0.4, -0.2) is 49.5 Å². The Hall–Kier alpha value is -3.11. The number of fused-ring (bicyclic) bond motifs is 3. The lowest BCUT2D eigenvalue weighted by Crippen LogP contribution is -2.45. The van der Waals surface area contributed by atoms with Crippen molar-refractivity contribution in [2.45, 2.75) is 51.3 Å². The largest absolute Gasteiger partial charge is 0.416 e. The zero-order valence-corrected chi connectivity index (χ0v) is 21.3. The Morgan fingerprint density at radius 1 is 1.16 bits per heavy atom. The number of nitrogens with zero attached hydrogens (tertiary/aromatic N) is 3. The van der Waals surface area contributed by atoms with Crippen LogP contribution in [-0.2, 0) is 28.5 Å². The van der Waals surface area contributed by atoms with Crippen LogP contribution in [0.4, 0.5) is 30.4 Å². The Morgan fingerprint density at radius 3 is 2.65 bits per heavy atom. The summed E-state index contributed by atoms with van der Waals surface area (Å²) >= 11 is 0. The van der Waals surface area contributed by atoms with Crippen LogP contribution in [0.5, 0.6) is 0 Å². The van der Waals surface area contributed by atoms with Gasteiger partial charge in [-0.25, -0.2) is 9.97 Å². The fraction of sp³-hybridized carbons (Fsp3) is 0.481. The molecule has 10 heteroatoms. The van der Waals surface area contributed by atoms with E-state index in [1.807, 2.05) is 6.92 Å². The third-order valence-corrected chi connectivity index (χ3v) is 7.41. The highest BCUT2D eigenvalue weighted by atomic mass is 19.4. The summed E-state index contributed by atoms with van der Waals surface area (Å²) in [4.78, 5) is 11.5. The number of rotatable bonds is 5. The van der Waals surface area contributed by atoms with Crippen LogP contribution in [0.1, 0.15) is 52.9 Å². The molecule has 1 saturated heterocycles. The van der Waals surface area contributed by atoms with Crippen LogP contribution in [0.2, 0.25) is 0 Å². The maximum absolute atomic E-state index is 13.7. The summed E-state index contributed by atoms with van der Waals surface area (Å²) in [5.74, 6) is 0.451. The Labute approximate surface area is 214 Å². The summed E-state index contributed by atoms with van der Waals surface area (Å²) in [5.41, 5.74) is 17.3. The van der Waals surface area contributed by atoms with E-state index in [9.17, 15) is 13.2 Å². The predicted octanol–water partition coefficient (Wildman–Crippen LogP) is 4.61. The first-order valence-electron chi connectivity index (χ1n) is 12.5. The maximum Gasteiger partial charge on any atom is 0.416 e. The van der Waals surface area contributed by atoms with E-state index in [0.29, 0.717) is 48.9 Å². The van der Waals surface area contributed by atoms with Gasteiger partial charge >= 0.3 is 6.18 Å². The number of benzene rings is 2. The quantitative estimate of drug-likeness (QED) is 0.479. The van der Waals surface area contributed by atoms with Gasteiger partial charge in [-0.15, -0.1) is 0 Å². The summed E-state index contributed by atoms with van der Waals surface area (Å²) in [7, 11) is 1.64. The molecule has 0 saturated carbocycles. The molecule has 2 aliphatic rings. The molecule has 1 aromatic heterocycles. The van der Waals surface area contributed by atoms with Crippen molar-refractivity contribution in [1.82, 2.24) is 9.97 Å². The fourth-order valence-electron chi connectivity index (χ4n) is 5.87. The van der Waals surface area contributed by atoms with Crippen LogP contribution in [0.15, 0.2) is 18.2 Å². The lowest BCUT2D eigenvalue weighted by Gasteiger charge is -2.38. The molecule has 198 valence electrons. The summed E-state index contributed by atoms with van der Waals surface area (Å²) < 4.78 is 52.4. The topological polar surface area (TPSA) is 99.5 Å². The number of hydrogen-bond donors (Lipinski definition) is 2. The van der Waals surface area contributed by atoms with Crippen LogP contribution >= 0.6 is 0 Å². The second-order valence-electron chi connectivity index (χ2n) is 9.95. The van der Waals surface area contributed by atoms with Gasteiger partial charge in [0, 0.05) is 42.9 Å². The molecule has 4 N–H and O–H groups in total. The maximum atomic E-state index is 13.7. The number of morpholine rings is 1. The summed E-state index contributed by atoms with van der Waals surface area (Å²) in [6.07, 6.45) is -1.93. The van der Waals surface area contributed by atoms with Gasteiger partial charge in [-0.2, -0.15) is 13.2 Å². The van der Waals surface area contributed by atoms with Crippen molar-refractivity contribution < 1.29 is 22.6 Å². The normalized spacial score (nSPS) is 18.9. The minimum Gasteiger partial charge on any atom is -0.399 e. The van der Waals surface area contributed by atoms with E-state index in [1.54, 1.807) is 20.1 Å². The van der Waals surface area contributed by atoms with E-state index in [4.69, 9.17) is 25.9 Å². The number of alkyl halides is 3. The molecule has 1 fully saturated rings. The van der Waals surface area contributed by atoms with Gasteiger partial charge in [0.1, 0.15) is 11.6 Å². The van der Waals surface area contributed by atoms with Crippen molar-refractivity contribution in [2.75, 3.05) is 49.8 Å². The molecular formula is C27H32F3N5O2. The highest BCUT2D eigenvalue weighted by Gasteiger charge is 2.35. The van der Waals surface area contributed by atoms with Gasteiger partial charge in [-0.1, -0.05) is 6.92 Å². The summed E-state index contributed by atoms with van der Waals surface area (Å²) in [6.45, 7) is 5.93. The van der Waals surface area contributed by atoms with Gasteiger partial charge in [-0.05, 0) is 66.6 Å². The molecule has 1 aliphatic heterocycles. The minimum absolute atomic E-state index is 0.0651. The van der Waals surface area contributed by atoms with Crippen molar-refractivity contribution in [1.29, 1.82) is 0 Å². The Bertz CT molecular complexity index is 1340. The van der Waals surface area contributed by atoms with Crippen molar-refractivity contribution in [3.63, 3.8) is 0 Å². The van der Waals surface area contributed by atoms with E-state index in [0.717, 1.165) is 47.7 Å². The molecule has 7 nitrogen and oxygen atoms in total. The number of ether oxygens (including phenoxy) is 2. The number of nitrogen functional groups attached to an aromatic ring is 2. The third-order valence-electron chi connectivity index (χ3n) is 7.41. The SMILES string of the molecule is COC[C@H]1CN(c2c3c(c4nc(C)nc(N)c4c2[C@H](C)c2cc(N)cc(C(F)(F)F)c2)CCC3)CCO1. The van der Waals surface area contributed by atoms with Gasteiger partial charge < -0.3 is 25.8 Å². The summed E-state index contributed by atoms with van der Waals surface area (Å²) in [5, 5.41) is 0.708. The lowest BCUT2D eigenvalue weighted by molar-refractivity contribution is -0.137. The molecule has 1 aliphatic carbocycles. The average Bonchev–Trinajstić information content (AvgIpc) is 3.32. The molecule has 2 heterocycles. The first kappa shape index (κ1) is 25.5. The molecule has 5 rings (SSSR count). The Kier molecular flexibility index (Phi) is 6.66. The number of aromatic nitrogens is 2. The number of halogens is 3. The van der Waals surface area contributed by atoms with Gasteiger partial charge in [-0.3, -0.25) is 0 Å². The van der Waals surface area contributed by atoms with Gasteiger partial charge in [0.2, 0.25) is 0 Å². The van der Waals surface area contributed by atoms with E-state index < -0.39 is 17.7 Å². The second kappa shape index (κ2) is 9.64. The number of aryl methyl sites for hydroxylation is 2. The molecule has 2 atom stereocenters. The van der Waals surface area contributed by atoms with E-state index in [1.165, 1.54) is 11.6 Å². The highest BCUT2D eigenvalue weighted by Crippen LogP contribution is 2.47. The van der Waals surface area contributed by atoms with E-state index in [-0.39, 0.29) is 11.8 Å². The molecular weight excluding hydrogens is 483 g/mol. The van der Waals surface area contributed by atoms with Crippen molar-refractivity contribution >= 4 is 28.1 Å². The van der Waals surface area contributed by atoms with Crippen LogP contribution in [0.3, 0.4) is 0 Å². The number of methoxy groups -OCH3 is 1. The van der Waals surface area contributed by atoms with E-state index >= 15 is 0 Å². The van der Waals surface area contributed by atoms with Crippen LogP contribution in [0, 0.1) is 6.92 Å². The van der Waals surface area contributed by atoms with Crippen molar-refractivity contribution in [2.24, 2.45) is 0 Å². The summed E-state index contributed by atoms with van der Waals surface area (Å²) in [6, 6.07) is 3.76. The second-order valence-corrected chi connectivity index (χ2v) is 9.95. The minimum atomic E-state index is -4.51. The Balaban J connectivity index is 1.79. The fourth-order valence-corrected chi connectivity index (χ4v) is 5.87. The zero-order chi connectivity index (χ0) is 26.5. The van der Waals surface area contributed by atoms with Crippen molar-refractivity contribution in [3.8, 4) is 0 Å². The number of hydrogen-bond acceptors (Lipinski definition) is 7. The monoisotopic (exact) mass is 515 g/mol. The smallest absolute Gasteiger partial charge is 0.399 e. The predicted molar refractivity (Wildman–Crippen MR) is 138 cm³/mol. The first-order valence-corrected chi connectivity index (χ1v) is 12.5. The molecule has 0 bridgehead atoms. The van der Waals surface area contributed by atoms with Crippen LogP contribution < -0.4 is 16.4 Å². The molecule has 0 unspecified atom stereocenters. The standard InChI is InChI=1S/C27H32F3N5O2/c1-14(16-9-17(27(28,29)30)11-18(31)10-16)22-23-24(33-15(2)34-26(23)32)20-5-4-6-21(20)25(22)35-7-8-37-19(12-35)13-36-3/h9-11,14,19H,4-8,12-13,31H2,1-3H3,(H2,32,33,34)/t14-,19-/m1/s1. The first-order chi connectivity index (χ1) is 17.6. The molecule has 3 aromatic rings. The van der Waals surface area contributed by atoms with Gasteiger partial charge in [0.05, 0.1) is 30.4 Å². The molecule has 0 amide bonds. The lowest BCUT2D eigenvalue weighted by atomic mass is 9.84. The number of anilines is 3. The zero-order valence-electron chi connectivity index (χ0n) is 21.3. The average molecular weight is 516 g/mol. The molecule has 0 spiro atoms. The number of nitrogens with two attached hydrogens (primary N) is 2.